The molecular weight excluding hydrogens is 226 g/mol. The summed E-state index contributed by atoms with van der Waals surface area (Å²) in [5.41, 5.74) is 0.120. The van der Waals surface area contributed by atoms with Crippen molar-refractivity contribution in [1.82, 2.24) is 10.1 Å². The first kappa shape index (κ1) is 10.8. The average molecular weight is 233 g/mol. The summed E-state index contributed by atoms with van der Waals surface area (Å²) in [5.74, 6) is -1.71. The zero-order valence-corrected chi connectivity index (χ0v) is 8.45. The van der Waals surface area contributed by atoms with Crippen LogP contribution >= 0.6 is 0 Å². The van der Waals surface area contributed by atoms with E-state index in [9.17, 15) is 9.59 Å². The summed E-state index contributed by atoms with van der Waals surface area (Å²) in [6, 6.07) is 2.66. The second-order valence-electron chi connectivity index (χ2n) is 3.07. The molecule has 0 aliphatic heterocycles. The van der Waals surface area contributed by atoms with Crippen LogP contribution in [0.25, 0.3) is 0 Å². The van der Waals surface area contributed by atoms with E-state index in [4.69, 9.17) is 5.11 Å². The van der Waals surface area contributed by atoms with Crippen molar-refractivity contribution in [2.24, 2.45) is 0 Å². The third-order valence-corrected chi connectivity index (χ3v) is 1.97. The summed E-state index contributed by atoms with van der Waals surface area (Å²) in [7, 11) is 0. The van der Waals surface area contributed by atoms with E-state index in [0.717, 1.165) is 0 Å². The van der Waals surface area contributed by atoms with Crippen LogP contribution in [0.2, 0.25) is 0 Å². The minimum Gasteiger partial charge on any atom is -0.478 e. The number of hydrogen-bond donors (Lipinski definition) is 2. The van der Waals surface area contributed by atoms with Gasteiger partial charge in [-0.2, -0.15) is 0 Å². The molecular formula is C10H7N3O4. The summed E-state index contributed by atoms with van der Waals surface area (Å²) < 4.78 is 4.51. The van der Waals surface area contributed by atoms with Crippen molar-refractivity contribution in [3.05, 3.63) is 42.0 Å². The summed E-state index contributed by atoms with van der Waals surface area (Å²) in [6.07, 6.45) is 3.83. The maximum atomic E-state index is 11.6. The van der Waals surface area contributed by atoms with E-state index in [1.807, 2.05) is 0 Å². The van der Waals surface area contributed by atoms with Gasteiger partial charge in [0, 0.05) is 12.3 Å². The number of aromatic carboxylic acids is 1. The summed E-state index contributed by atoms with van der Waals surface area (Å²) in [5, 5.41) is 14.7. The maximum absolute atomic E-state index is 11.6. The monoisotopic (exact) mass is 233 g/mol. The first-order valence-electron chi connectivity index (χ1n) is 4.57. The van der Waals surface area contributed by atoms with Crippen LogP contribution in [0.15, 0.2) is 35.3 Å². The zero-order chi connectivity index (χ0) is 12.3. The van der Waals surface area contributed by atoms with E-state index in [-0.39, 0.29) is 16.9 Å². The average Bonchev–Trinajstić information content (AvgIpc) is 2.83. The number of carboxylic acid groups (broad SMARTS) is 1. The fraction of sp³-hybridized carbons (Fsp3) is 0. The predicted octanol–water partition coefficient (Wildman–Crippen LogP) is 1.02. The Labute approximate surface area is 95.1 Å². The molecule has 7 nitrogen and oxygen atoms in total. The lowest BCUT2D eigenvalue weighted by molar-refractivity contribution is 0.0698. The lowest BCUT2D eigenvalue weighted by atomic mass is 10.2. The minimum absolute atomic E-state index is 0.0446. The van der Waals surface area contributed by atoms with Gasteiger partial charge >= 0.3 is 5.97 Å². The number of pyridine rings is 1. The topological polar surface area (TPSA) is 105 Å². The predicted molar refractivity (Wildman–Crippen MR) is 55.7 cm³/mol. The van der Waals surface area contributed by atoms with Crippen LogP contribution in [-0.4, -0.2) is 27.1 Å². The van der Waals surface area contributed by atoms with Crippen LogP contribution in [0.5, 0.6) is 0 Å². The molecule has 2 rings (SSSR count). The van der Waals surface area contributed by atoms with Crippen molar-refractivity contribution in [3.8, 4) is 0 Å². The molecule has 2 aromatic rings. The molecule has 0 saturated carbocycles. The van der Waals surface area contributed by atoms with Gasteiger partial charge in [0.1, 0.15) is 6.26 Å². The van der Waals surface area contributed by atoms with E-state index in [1.54, 1.807) is 0 Å². The number of anilines is 1. The Kier molecular flexibility index (Phi) is 2.82. The number of amides is 1. The first-order chi connectivity index (χ1) is 8.18. The normalized spacial score (nSPS) is 9.88. The molecule has 2 heterocycles. The standard InChI is InChI=1S/C10H7N3O4/c14-9(7-2-4-17-13-7)12-8-5-11-3-1-6(8)10(15)16/h1-5H,(H,12,14)(H,15,16). The van der Waals surface area contributed by atoms with E-state index >= 15 is 0 Å². The lowest BCUT2D eigenvalue weighted by Crippen LogP contribution is -2.15. The third kappa shape index (κ3) is 2.28. The van der Waals surface area contributed by atoms with Crippen LogP contribution in [0.4, 0.5) is 5.69 Å². The number of nitrogens with zero attached hydrogens (tertiary/aromatic N) is 2. The molecule has 0 aliphatic carbocycles. The highest BCUT2D eigenvalue weighted by Crippen LogP contribution is 2.14. The summed E-state index contributed by atoms with van der Waals surface area (Å²) in [4.78, 5) is 26.2. The molecule has 0 aromatic carbocycles. The van der Waals surface area contributed by atoms with Crippen LogP contribution in [-0.2, 0) is 0 Å². The van der Waals surface area contributed by atoms with Gasteiger partial charge in [-0.25, -0.2) is 4.79 Å². The number of hydrogen-bond acceptors (Lipinski definition) is 5. The van der Waals surface area contributed by atoms with E-state index in [2.05, 4.69) is 20.0 Å². The van der Waals surface area contributed by atoms with Gasteiger partial charge in [-0.3, -0.25) is 9.78 Å². The second-order valence-corrected chi connectivity index (χ2v) is 3.07. The van der Waals surface area contributed by atoms with Crippen LogP contribution in [0.3, 0.4) is 0 Å². The highest BCUT2D eigenvalue weighted by Gasteiger charge is 2.14. The Balaban J connectivity index is 2.25. The summed E-state index contributed by atoms with van der Waals surface area (Å²) in [6.45, 7) is 0. The molecule has 7 heteroatoms. The molecule has 0 bridgehead atoms. The van der Waals surface area contributed by atoms with E-state index in [1.165, 1.54) is 30.8 Å². The SMILES string of the molecule is O=C(Nc1cnccc1C(=O)O)c1ccon1. The quantitative estimate of drug-likeness (QED) is 0.819. The highest BCUT2D eigenvalue weighted by atomic mass is 16.5. The maximum Gasteiger partial charge on any atom is 0.337 e. The van der Waals surface area contributed by atoms with Crippen LogP contribution in [0, 0.1) is 0 Å². The smallest absolute Gasteiger partial charge is 0.337 e. The molecule has 2 N–H and O–H groups in total. The largest absolute Gasteiger partial charge is 0.478 e. The Morgan fingerprint density at radius 2 is 2.18 bits per heavy atom. The number of nitrogens with one attached hydrogen (secondary N) is 1. The Bertz CT molecular complexity index is 550. The molecule has 0 radical (unpaired) electrons. The van der Waals surface area contributed by atoms with Gasteiger partial charge in [-0.05, 0) is 6.07 Å². The molecule has 0 aliphatic rings. The first-order valence-corrected chi connectivity index (χ1v) is 4.57. The third-order valence-electron chi connectivity index (χ3n) is 1.97. The molecule has 0 saturated heterocycles. The fourth-order valence-electron chi connectivity index (χ4n) is 1.20. The zero-order valence-electron chi connectivity index (χ0n) is 8.45. The van der Waals surface area contributed by atoms with Crippen LogP contribution in [0.1, 0.15) is 20.8 Å². The Hall–Kier alpha value is -2.70. The number of carbonyl (C=O) groups excluding carboxylic acids is 1. The van der Waals surface area contributed by atoms with E-state index < -0.39 is 11.9 Å². The molecule has 86 valence electrons. The van der Waals surface area contributed by atoms with Gasteiger partial charge < -0.3 is 14.9 Å². The van der Waals surface area contributed by atoms with E-state index in [0.29, 0.717) is 0 Å². The molecule has 0 fully saturated rings. The van der Waals surface area contributed by atoms with Crippen molar-refractivity contribution in [2.75, 3.05) is 5.32 Å². The molecule has 0 spiro atoms. The van der Waals surface area contributed by atoms with Crippen molar-refractivity contribution in [2.45, 2.75) is 0 Å². The van der Waals surface area contributed by atoms with Crippen molar-refractivity contribution in [3.63, 3.8) is 0 Å². The number of rotatable bonds is 3. The highest BCUT2D eigenvalue weighted by molar-refractivity contribution is 6.06. The number of carbonyl (C=O) groups is 2. The Morgan fingerprint density at radius 1 is 1.35 bits per heavy atom. The summed E-state index contributed by atoms with van der Waals surface area (Å²) >= 11 is 0. The minimum atomic E-state index is -1.15. The van der Waals surface area contributed by atoms with Crippen LogP contribution < -0.4 is 5.32 Å². The number of aromatic nitrogens is 2. The van der Waals surface area contributed by atoms with Gasteiger partial charge in [-0.1, -0.05) is 5.16 Å². The molecule has 0 unspecified atom stereocenters. The molecule has 0 atom stereocenters. The van der Waals surface area contributed by atoms with Gasteiger partial charge in [0.25, 0.3) is 5.91 Å². The fourth-order valence-corrected chi connectivity index (χ4v) is 1.20. The molecule has 17 heavy (non-hydrogen) atoms. The van der Waals surface area contributed by atoms with Crippen molar-refractivity contribution < 1.29 is 19.2 Å². The van der Waals surface area contributed by atoms with Crippen molar-refractivity contribution >= 4 is 17.6 Å². The van der Waals surface area contributed by atoms with Crippen molar-refractivity contribution in [1.29, 1.82) is 0 Å². The van der Waals surface area contributed by atoms with Gasteiger partial charge in [-0.15, -0.1) is 0 Å². The number of carboxylic acids is 1. The van der Waals surface area contributed by atoms with Gasteiger partial charge in [0.2, 0.25) is 0 Å². The molecule has 2 aromatic heterocycles. The Morgan fingerprint density at radius 3 is 2.82 bits per heavy atom. The lowest BCUT2D eigenvalue weighted by Gasteiger charge is -2.05. The van der Waals surface area contributed by atoms with Gasteiger partial charge in [0.15, 0.2) is 5.69 Å². The molecule has 1 amide bonds. The second kappa shape index (κ2) is 4.44. The van der Waals surface area contributed by atoms with Gasteiger partial charge in [0.05, 0.1) is 17.4 Å².